The summed E-state index contributed by atoms with van der Waals surface area (Å²) in [6.07, 6.45) is 4.41. The molecule has 1 saturated heterocycles. The van der Waals surface area contributed by atoms with Crippen LogP contribution in [-0.4, -0.2) is 54.2 Å². The van der Waals surface area contributed by atoms with E-state index >= 15 is 0 Å². The van der Waals surface area contributed by atoms with Crippen molar-refractivity contribution in [2.45, 2.75) is 44.3 Å². The predicted octanol–water partition coefficient (Wildman–Crippen LogP) is 3.32. The summed E-state index contributed by atoms with van der Waals surface area (Å²) in [5.41, 5.74) is 5.56. The molecule has 0 radical (unpaired) electrons. The zero-order valence-corrected chi connectivity index (χ0v) is 19.9. The van der Waals surface area contributed by atoms with Crippen LogP contribution in [0.25, 0.3) is 0 Å². The second-order valence-electron chi connectivity index (χ2n) is 9.39. The lowest BCUT2D eigenvalue weighted by Gasteiger charge is -2.45. The number of nitriles is 1. The van der Waals surface area contributed by atoms with E-state index in [0.29, 0.717) is 18.5 Å². The first-order valence-electron chi connectivity index (χ1n) is 11.4. The second kappa shape index (κ2) is 9.69. The van der Waals surface area contributed by atoms with Crippen LogP contribution in [0.5, 0.6) is 0 Å². The van der Waals surface area contributed by atoms with Crippen molar-refractivity contribution >= 4 is 23.5 Å². The number of halogens is 1. The first-order chi connectivity index (χ1) is 17.1. The van der Waals surface area contributed by atoms with Gasteiger partial charge in [-0.3, -0.25) is 14.2 Å². The Hall–Kier alpha value is -4.40. The van der Waals surface area contributed by atoms with Gasteiger partial charge in [-0.05, 0) is 57.0 Å². The van der Waals surface area contributed by atoms with Crippen LogP contribution >= 0.6 is 0 Å². The Labute approximate surface area is 206 Å². The molecule has 0 aliphatic carbocycles. The average Bonchev–Trinajstić information content (AvgIpc) is 3.51. The van der Waals surface area contributed by atoms with E-state index in [1.165, 1.54) is 40.0 Å². The van der Waals surface area contributed by atoms with Gasteiger partial charge in [-0.25, -0.2) is 9.18 Å². The Bertz CT molecular complexity index is 1280. The lowest BCUT2D eigenvalue weighted by molar-refractivity contribution is 0.0392. The number of carboxylic acid groups (broad SMARTS) is 1. The largest absolute Gasteiger partial charge is 0.465 e. The maximum atomic E-state index is 13.3. The first-order valence-corrected chi connectivity index (χ1v) is 11.4. The standard InChI is InChI=1S/C24H27FN8O3/c1-24(2,33-10-3-9-28-33)12-19-20(15(13-26)8-11-31(19)23(35)36)32-14-18(21(27)34)22(30-32)29-17-6-4-16(25)5-7-17/h3-7,9-10,14-15,19-20H,8,11-12H2,1-2H3,(H2,27,34)(H,29,30)(H,35,36). The normalized spacial score (nSPS) is 20.1. The van der Waals surface area contributed by atoms with Gasteiger partial charge in [0, 0.05) is 30.8 Å². The molecule has 3 aromatic rings. The van der Waals surface area contributed by atoms with Crippen LogP contribution in [0.3, 0.4) is 0 Å². The topological polar surface area (TPSA) is 155 Å². The fourth-order valence-corrected chi connectivity index (χ4v) is 4.76. The predicted molar refractivity (Wildman–Crippen MR) is 128 cm³/mol. The lowest BCUT2D eigenvalue weighted by Crippen LogP contribution is -2.54. The number of amides is 2. The van der Waals surface area contributed by atoms with Crippen LogP contribution in [0.15, 0.2) is 48.9 Å². The Morgan fingerprint density at radius 3 is 2.64 bits per heavy atom. The molecule has 1 aliphatic rings. The summed E-state index contributed by atoms with van der Waals surface area (Å²) in [6, 6.07) is 8.22. The number of nitrogens with two attached hydrogens (primary N) is 1. The van der Waals surface area contributed by atoms with Crippen LogP contribution in [-0.2, 0) is 5.54 Å². The Balaban J connectivity index is 1.77. The van der Waals surface area contributed by atoms with Gasteiger partial charge in [0.2, 0.25) is 0 Å². The van der Waals surface area contributed by atoms with Crippen molar-refractivity contribution in [3.63, 3.8) is 0 Å². The SMILES string of the molecule is CC(C)(CC1C(n2cc(C(N)=O)c(Nc3ccc(F)cc3)n2)C(C#N)CCN1C(=O)O)n1cccn1. The van der Waals surface area contributed by atoms with Gasteiger partial charge in [-0.15, -0.1) is 0 Å². The summed E-state index contributed by atoms with van der Waals surface area (Å²) >= 11 is 0. The van der Waals surface area contributed by atoms with Crippen molar-refractivity contribution in [1.82, 2.24) is 24.5 Å². The van der Waals surface area contributed by atoms with E-state index in [-0.39, 0.29) is 17.9 Å². The number of likely N-dealkylation sites (tertiary alicyclic amines) is 1. The van der Waals surface area contributed by atoms with E-state index in [1.807, 2.05) is 13.8 Å². The zero-order chi connectivity index (χ0) is 26.0. The average molecular weight is 495 g/mol. The van der Waals surface area contributed by atoms with E-state index < -0.39 is 41.4 Å². The van der Waals surface area contributed by atoms with Gasteiger partial charge in [-0.1, -0.05) is 0 Å². The van der Waals surface area contributed by atoms with Crippen molar-refractivity contribution in [3.8, 4) is 6.07 Å². The van der Waals surface area contributed by atoms with Crippen molar-refractivity contribution < 1.29 is 19.1 Å². The summed E-state index contributed by atoms with van der Waals surface area (Å²) in [6.45, 7) is 4.06. The number of carbonyl (C=O) groups excluding carboxylic acids is 1. The molecule has 36 heavy (non-hydrogen) atoms. The summed E-state index contributed by atoms with van der Waals surface area (Å²) in [7, 11) is 0. The Morgan fingerprint density at radius 2 is 2.06 bits per heavy atom. The zero-order valence-electron chi connectivity index (χ0n) is 19.9. The maximum Gasteiger partial charge on any atom is 0.407 e. The number of benzene rings is 1. The summed E-state index contributed by atoms with van der Waals surface area (Å²) in [5, 5.41) is 31.8. The van der Waals surface area contributed by atoms with Crippen LogP contribution < -0.4 is 11.1 Å². The van der Waals surface area contributed by atoms with Crippen LogP contribution in [0, 0.1) is 23.1 Å². The lowest BCUT2D eigenvalue weighted by atomic mass is 9.80. The van der Waals surface area contributed by atoms with Gasteiger partial charge in [0.25, 0.3) is 5.91 Å². The summed E-state index contributed by atoms with van der Waals surface area (Å²) in [5.74, 6) is -1.61. The fraction of sp³-hybridized carbons (Fsp3) is 0.375. The van der Waals surface area contributed by atoms with Crippen LogP contribution in [0.4, 0.5) is 20.7 Å². The Morgan fingerprint density at radius 1 is 1.33 bits per heavy atom. The molecule has 12 heteroatoms. The minimum atomic E-state index is -1.11. The third-order valence-electron chi connectivity index (χ3n) is 6.54. The van der Waals surface area contributed by atoms with Gasteiger partial charge in [0.05, 0.1) is 29.6 Å². The maximum absolute atomic E-state index is 13.3. The minimum Gasteiger partial charge on any atom is -0.465 e. The van der Waals surface area contributed by atoms with E-state index in [0.717, 1.165) is 0 Å². The smallest absolute Gasteiger partial charge is 0.407 e. The highest BCUT2D eigenvalue weighted by atomic mass is 19.1. The third-order valence-corrected chi connectivity index (χ3v) is 6.54. The highest BCUT2D eigenvalue weighted by molar-refractivity contribution is 5.98. The molecule has 2 amide bonds. The molecule has 4 rings (SSSR count). The number of primary amides is 1. The van der Waals surface area contributed by atoms with Gasteiger partial charge < -0.3 is 21.1 Å². The number of nitrogens with one attached hydrogen (secondary N) is 1. The molecule has 1 aliphatic heterocycles. The molecule has 3 unspecified atom stereocenters. The highest BCUT2D eigenvalue weighted by Gasteiger charge is 2.45. The molecule has 188 valence electrons. The van der Waals surface area contributed by atoms with Crippen molar-refractivity contribution in [1.29, 1.82) is 5.26 Å². The van der Waals surface area contributed by atoms with E-state index in [4.69, 9.17) is 5.73 Å². The Kier molecular flexibility index (Phi) is 6.65. The third kappa shape index (κ3) is 4.86. The number of anilines is 2. The molecule has 3 atom stereocenters. The molecular weight excluding hydrogens is 467 g/mol. The van der Waals surface area contributed by atoms with Crippen LogP contribution in [0.2, 0.25) is 0 Å². The molecule has 3 heterocycles. The van der Waals surface area contributed by atoms with Gasteiger partial charge in [0.1, 0.15) is 11.4 Å². The molecule has 1 aromatic carbocycles. The molecule has 0 bridgehead atoms. The molecular formula is C24H27FN8O3. The molecule has 0 spiro atoms. The van der Waals surface area contributed by atoms with Crippen LogP contribution in [0.1, 0.15) is 43.1 Å². The molecule has 0 saturated carbocycles. The number of aromatic nitrogens is 4. The monoisotopic (exact) mass is 494 g/mol. The van der Waals surface area contributed by atoms with Gasteiger partial charge in [0.15, 0.2) is 5.82 Å². The summed E-state index contributed by atoms with van der Waals surface area (Å²) in [4.78, 5) is 25.8. The number of carbonyl (C=O) groups is 2. The number of hydrogen-bond acceptors (Lipinski definition) is 6. The number of piperidine rings is 1. The number of hydrogen-bond donors (Lipinski definition) is 3. The van der Waals surface area contributed by atoms with Gasteiger partial charge >= 0.3 is 6.09 Å². The van der Waals surface area contributed by atoms with Gasteiger partial charge in [-0.2, -0.15) is 15.5 Å². The van der Waals surface area contributed by atoms with Crippen molar-refractivity contribution in [3.05, 3.63) is 60.3 Å². The minimum absolute atomic E-state index is 0.0635. The highest BCUT2D eigenvalue weighted by Crippen LogP contribution is 2.39. The molecule has 4 N–H and O–H groups in total. The number of rotatable bonds is 7. The summed E-state index contributed by atoms with van der Waals surface area (Å²) < 4.78 is 16.5. The van der Waals surface area contributed by atoms with Crippen molar-refractivity contribution in [2.75, 3.05) is 11.9 Å². The number of nitrogens with zero attached hydrogens (tertiary/aromatic N) is 6. The molecule has 2 aromatic heterocycles. The first kappa shape index (κ1) is 24.7. The fourth-order valence-electron chi connectivity index (χ4n) is 4.76. The van der Waals surface area contributed by atoms with E-state index in [9.17, 15) is 24.3 Å². The van der Waals surface area contributed by atoms with E-state index in [1.54, 1.807) is 23.1 Å². The molecule has 1 fully saturated rings. The second-order valence-corrected chi connectivity index (χ2v) is 9.39. The van der Waals surface area contributed by atoms with Crippen molar-refractivity contribution in [2.24, 2.45) is 11.7 Å². The molecule has 11 nitrogen and oxygen atoms in total. The van der Waals surface area contributed by atoms with E-state index in [2.05, 4.69) is 21.6 Å². The quantitative estimate of drug-likeness (QED) is 0.455.